The van der Waals surface area contributed by atoms with Gasteiger partial charge in [-0.2, -0.15) is 0 Å². The highest BCUT2D eigenvalue weighted by Gasteiger charge is 2.18. The van der Waals surface area contributed by atoms with Crippen molar-refractivity contribution in [1.29, 1.82) is 0 Å². The van der Waals surface area contributed by atoms with Crippen LogP contribution in [0.25, 0.3) is 39.5 Å². The number of halogens is 1. The first kappa shape index (κ1) is 25.6. The minimum absolute atomic E-state index is 0.785. The maximum atomic E-state index is 5.94. The zero-order valence-corrected chi connectivity index (χ0v) is 23.3. The maximum absolute atomic E-state index is 5.94. The number of methoxy groups -OCH3 is 4. The van der Waals surface area contributed by atoms with Crippen molar-refractivity contribution in [2.45, 2.75) is 6.92 Å². The summed E-state index contributed by atoms with van der Waals surface area (Å²) < 4.78 is 23.5. The first-order valence-corrected chi connectivity index (χ1v) is 12.6. The Hall–Kier alpha value is -3.45. The summed E-state index contributed by atoms with van der Waals surface area (Å²) in [5, 5.41) is 0. The highest BCUT2D eigenvalue weighted by atomic mass is 127. The van der Waals surface area contributed by atoms with E-state index in [1.165, 1.54) is 0 Å². The fourth-order valence-corrected chi connectivity index (χ4v) is 5.01. The fourth-order valence-electron chi connectivity index (χ4n) is 4.26. The van der Waals surface area contributed by atoms with Gasteiger partial charge in [0.15, 0.2) is 0 Å². The molecule has 0 aromatic heterocycles. The number of ether oxygens (including phenoxy) is 4. The van der Waals surface area contributed by atoms with E-state index in [9.17, 15) is 0 Å². The van der Waals surface area contributed by atoms with E-state index in [1.807, 2.05) is 37.3 Å². The van der Waals surface area contributed by atoms with E-state index in [4.69, 9.17) is 18.9 Å². The van der Waals surface area contributed by atoms with Crippen molar-refractivity contribution < 1.29 is 18.9 Å². The molecule has 4 rings (SSSR count). The number of benzene rings is 4. The zero-order chi connectivity index (χ0) is 25.7. The van der Waals surface area contributed by atoms with E-state index < -0.39 is 0 Å². The summed E-state index contributed by atoms with van der Waals surface area (Å²) in [6, 6.07) is 24.6. The lowest BCUT2D eigenvalue weighted by Gasteiger charge is -2.18. The second kappa shape index (κ2) is 11.5. The molecule has 4 aromatic carbocycles. The van der Waals surface area contributed by atoms with Gasteiger partial charge in [-0.15, -0.1) is 0 Å². The fraction of sp³-hybridized carbons (Fsp3) is 0.161. The van der Waals surface area contributed by atoms with Crippen LogP contribution in [0, 0.1) is 3.57 Å². The van der Waals surface area contributed by atoms with Crippen LogP contribution in [0.4, 0.5) is 0 Å². The van der Waals surface area contributed by atoms with E-state index >= 15 is 0 Å². The smallest absolute Gasteiger partial charge is 0.127 e. The van der Waals surface area contributed by atoms with Gasteiger partial charge in [0.2, 0.25) is 0 Å². The Labute approximate surface area is 226 Å². The molecule has 0 amide bonds. The predicted molar refractivity (Wildman–Crippen MR) is 156 cm³/mol. The Morgan fingerprint density at radius 1 is 0.556 bits per heavy atom. The largest absolute Gasteiger partial charge is 0.497 e. The summed E-state index contributed by atoms with van der Waals surface area (Å²) in [7, 11) is 6.75. The summed E-state index contributed by atoms with van der Waals surface area (Å²) in [6.07, 6.45) is 4.13. The van der Waals surface area contributed by atoms with Crippen LogP contribution >= 0.6 is 22.6 Å². The third-order valence-corrected chi connectivity index (χ3v) is 7.00. The van der Waals surface area contributed by atoms with E-state index in [-0.39, 0.29) is 0 Å². The highest BCUT2D eigenvalue weighted by molar-refractivity contribution is 14.1. The molecule has 0 aliphatic heterocycles. The Morgan fingerprint density at radius 2 is 1.17 bits per heavy atom. The van der Waals surface area contributed by atoms with Gasteiger partial charge < -0.3 is 18.9 Å². The van der Waals surface area contributed by atoms with Crippen LogP contribution in [0.15, 0.2) is 78.9 Å². The average molecular weight is 592 g/mol. The summed E-state index contributed by atoms with van der Waals surface area (Å²) in [5.41, 5.74) is 7.48. The Bertz CT molecular complexity index is 1390. The molecule has 0 aliphatic rings. The Balaban J connectivity index is 1.93. The standard InChI is InChI=1S/C31H29IO4/c1-6-7-20-10-13-23(34-3)16-26(20)29-18-30(32)28(19-31(29)36-5)27-17-24(35-4)14-15-25(27)21-8-11-22(33-2)12-9-21/h6-19H,1-5H3/b7-6+. The first-order chi connectivity index (χ1) is 17.5. The second-order valence-corrected chi connectivity index (χ2v) is 9.29. The lowest BCUT2D eigenvalue weighted by Crippen LogP contribution is -1.96. The van der Waals surface area contributed by atoms with E-state index in [1.54, 1.807) is 28.4 Å². The van der Waals surface area contributed by atoms with Gasteiger partial charge in [0.05, 0.1) is 28.4 Å². The Kier molecular flexibility index (Phi) is 8.21. The molecule has 0 saturated carbocycles. The number of hydrogen-bond donors (Lipinski definition) is 0. The third kappa shape index (κ3) is 5.21. The maximum Gasteiger partial charge on any atom is 0.127 e. The minimum atomic E-state index is 0.785. The quantitative estimate of drug-likeness (QED) is 0.193. The van der Waals surface area contributed by atoms with Crippen molar-refractivity contribution in [2.24, 2.45) is 0 Å². The van der Waals surface area contributed by atoms with Gasteiger partial charge in [0.1, 0.15) is 23.0 Å². The monoisotopic (exact) mass is 592 g/mol. The molecule has 0 fully saturated rings. The van der Waals surface area contributed by atoms with Gasteiger partial charge in [-0.05, 0) is 111 Å². The lowest BCUT2D eigenvalue weighted by atomic mass is 9.91. The van der Waals surface area contributed by atoms with Crippen LogP contribution in [0.1, 0.15) is 12.5 Å². The molecule has 4 aromatic rings. The SMILES string of the molecule is C/C=C/c1ccc(OC)cc1-c1cc(I)c(-c2cc(OC)ccc2-c2ccc(OC)cc2)cc1OC. The van der Waals surface area contributed by atoms with Gasteiger partial charge in [-0.1, -0.05) is 36.4 Å². The van der Waals surface area contributed by atoms with Gasteiger partial charge >= 0.3 is 0 Å². The summed E-state index contributed by atoms with van der Waals surface area (Å²) >= 11 is 2.41. The van der Waals surface area contributed by atoms with Crippen LogP contribution < -0.4 is 18.9 Å². The molecule has 184 valence electrons. The molecule has 0 spiro atoms. The molecule has 0 bridgehead atoms. The van der Waals surface area contributed by atoms with Crippen LogP contribution in [-0.4, -0.2) is 28.4 Å². The van der Waals surface area contributed by atoms with Crippen molar-refractivity contribution in [3.05, 3.63) is 88.0 Å². The highest BCUT2D eigenvalue weighted by Crippen LogP contribution is 2.43. The molecular formula is C31H29IO4. The summed E-state index contributed by atoms with van der Waals surface area (Å²) in [4.78, 5) is 0. The zero-order valence-electron chi connectivity index (χ0n) is 21.1. The van der Waals surface area contributed by atoms with Gasteiger partial charge in [0.25, 0.3) is 0 Å². The van der Waals surface area contributed by atoms with Gasteiger partial charge in [-0.3, -0.25) is 0 Å². The van der Waals surface area contributed by atoms with Crippen molar-refractivity contribution in [2.75, 3.05) is 28.4 Å². The van der Waals surface area contributed by atoms with Crippen molar-refractivity contribution >= 4 is 28.7 Å². The first-order valence-electron chi connectivity index (χ1n) is 11.5. The molecule has 0 aliphatic carbocycles. The molecular weight excluding hydrogens is 563 g/mol. The lowest BCUT2D eigenvalue weighted by molar-refractivity contribution is 0.413. The summed E-state index contributed by atoms with van der Waals surface area (Å²) in [5.74, 6) is 3.20. The number of allylic oxidation sites excluding steroid dienone is 1. The molecule has 0 radical (unpaired) electrons. The topological polar surface area (TPSA) is 36.9 Å². The molecule has 0 unspecified atom stereocenters. The molecule has 0 atom stereocenters. The third-order valence-electron chi connectivity index (χ3n) is 6.10. The van der Waals surface area contributed by atoms with E-state index in [2.05, 4.69) is 77.2 Å². The normalized spacial score (nSPS) is 10.9. The molecule has 4 nitrogen and oxygen atoms in total. The van der Waals surface area contributed by atoms with Crippen LogP contribution in [-0.2, 0) is 0 Å². The number of rotatable bonds is 8. The van der Waals surface area contributed by atoms with E-state index in [0.717, 1.165) is 65.5 Å². The molecule has 0 heterocycles. The molecule has 0 N–H and O–H groups in total. The molecule has 0 saturated heterocycles. The minimum Gasteiger partial charge on any atom is -0.497 e. The van der Waals surface area contributed by atoms with Crippen LogP contribution in [0.5, 0.6) is 23.0 Å². The van der Waals surface area contributed by atoms with Crippen LogP contribution in [0.3, 0.4) is 0 Å². The molecule has 36 heavy (non-hydrogen) atoms. The molecule has 5 heteroatoms. The second-order valence-electron chi connectivity index (χ2n) is 8.13. The number of hydrogen-bond acceptors (Lipinski definition) is 4. The van der Waals surface area contributed by atoms with Crippen molar-refractivity contribution in [1.82, 2.24) is 0 Å². The average Bonchev–Trinajstić information content (AvgIpc) is 2.93. The predicted octanol–water partition coefficient (Wildman–Crippen LogP) is 8.36. The Morgan fingerprint density at radius 3 is 1.78 bits per heavy atom. The van der Waals surface area contributed by atoms with Gasteiger partial charge in [-0.25, -0.2) is 0 Å². The van der Waals surface area contributed by atoms with Crippen LogP contribution in [0.2, 0.25) is 0 Å². The van der Waals surface area contributed by atoms with Crippen molar-refractivity contribution in [3.63, 3.8) is 0 Å². The van der Waals surface area contributed by atoms with Gasteiger partial charge in [0, 0.05) is 9.13 Å². The summed E-state index contributed by atoms with van der Waals surface area (Å²) in [6.45, 7) is 2.02. The van der Waals surface area contributed by atoms with Crippen molar-refractivity contribution in [3.8, 4) is 56.4 Å². The van der Waals surface area contributed by atoms with E-state index in [0.29, 0.717) is 0 Å².